The average molecular weight is 717 g/mol. The summed E-state index contributed by atoms with van der Waals surface area (Å²) in [6, 6.07) is 21.2. The number of carbonyl (C=O) groups is 2. The van der Waals surface area contributed by atoms with E-state index in [1.54, 1.807) is 17.3 Å². The molecule has 11 heteroatoms. The van der Waals surface area contributed by atoms with Gasteiger partial charge < -0.3 is 29.4 Å². The van der Waals surface area contributed by atoms with Gasteiger partial charge >= 0.3 is 0 Å². The third-order valence-electron chi connectivity index (χ3n) is 10.2. The number of aromatic nitrogens is 4. The molecule has 2 N–H and O–H groups in total. The molecule has 6 heterocycles. The summed E-state index contributed by atoms with van der Waals surface area (Å²) in [6.45, 7) is 4.82. The molecule has 2 aromatic carbocycles. The highest BCUT2D eigenvalue weighted by molar-refractivity contribution is 6.07. The first-order chi connectivity index (χ1) is 26.4. The first-order valence-corrected chi connectivity index (χ1v) is 18.0. The molecule has 1 atom stereocenters. The van der Waals surface area contributed by atoms with E-state index in [9.17, 15) is 9.59 Å². The first kappa shape index (κ1) is 33.3. The number of H-pyrrole nitrogens is 1. The largest absolute Gasteiger partial charge is 0.489 e. The van der Waals surface area contributed by atoms with Crippen LogP contribution in [0.3, 0.4) is 0 Å². The molecule has 9 rings (SSSR count). The number of hydrogen-bond acceptors (Lipinski definition) is 8. The summed E-state index contributed by atoms with van der Waals surface area (Å²) < 4.78 is 18.0. The van der Waals surface area contributed by atoms with Crippen molar-refractivity contribution in [3.05, 3.63) is 126 Å². The van der Waals surface area contributed by atoms with Crippen molar-refractivity contribution in [2.75, 3.05) is 6.61 Å². The number of nitrogens with one attached hydrogen (secondary N) is 2. The van der Waals surface area contributed by atoms with Gasteiger partial charge in [0.2, 0.25) is 11.8 Å². The molecule has 6 aromatic rings. The second-order valence-electron chi connectivity index (χ2n) is 13.9. The zero-order valence-electron chi connectivity index (χ0n) is 29.4. The van der Waals surface area contributed by atoms with Crippen molar-refractivity contribution in [2.45, 2.75) is 57.1 Å². The molecule has 11 nitrogen and oxygen atoms in total. The summed E-state index contributed by atoms with van der Waals surface area (Å²) in [5.41, 5.74) is 8.04. The number of carbonyl (C=O) groups excluding carboxylic acids is 2. The highest BCUT2D eigenvalue weighted by Crippen LogP contribution is 2.32. The topological polar surface area (TPSA) is 132 Å². The maximum Gasteiger partial charge on any atom is 0.255 e. The molecule has 4 aromatic heterocycles. The highest BCUT2D eigenvalue weighted by Gasteiger charge is 2.38. The van der Waals surface area contributed by atoms with Crippen molar-refractivity contribution >= 4 is 33.6 Å². The van der Waals surface area contributed by atoms with Crippen LogP contribution in [0.25, 0.3) is 32.9 Å². The van der Waals surface area contributed by atoms with Gasteiger partial charge in [0, 0.05) is 82.7 Å². The molecule has 2 amide bonds. The number of hydrogen-bond donors (Lipinski definition) is 2. The molecule has 0 radical (unpaired) electrons. The number of ether oxygens (including phenoxy) is 3. The molecule has 1 unspecified atom stereocenters. The zero-order valence-corrected chi connectivity index (χ0v) is 29.4. The van der Waals surface area contributed by atoms with E-state index in [1.807, 2.05) is 60.9 Å². The van der Waals surface area contributed by atoms with Crippen molar-refractivity contribution in [3.63, 3.8) is 0 Å². The Bertz CT molecular complexity index is 2480. The third-order valence-corrected chi connectivity index (χ3v) is 10.2. The molecule has 1 aliphatic carbocycles. The maximum absolute atomic E-state index is 13.0. The number of rotatable bonds is 9. The lowest BCUT2D eigenvalue weighted by Gasteiger charge is -2.34. The molecular weight excluding hydrogens is 681 g/mol. The molecule has 1 saturated heterocycles. The second kappa shape index (κ2) is 14.1. The average Bonchev–Trinajstić information content (AvgIpc) is 3.71. The zero-order chi connectivity index (χ0) is 36.6. The van der Waals surface area contributed by atoms with Crippen LogP contribution in [0.1, 0.15) is 52.9 Å². The van der Waals surface area contributed by atoms with E-state index in [0.29, 0.717) is 54.6 Å². The number of aromatic amines is 1. The van der Waals surface area contributed by atoms with Crippen molar-refractivity contribution < 1.29 is 23.8 Å². The van der Waals surface area contributed by atoms with Crippen LogP contribution in [0, 0.1) is 11.8 Å². The number of allylic oxidation sites excluding steroid dienone is 1. The van der Waals surface area contributed by atoms with Crippen molar-refractivity contribution in [1.82, 2.24) is 30.2 Å². The molecule has 0 spiro atoms. The van der Waals surface area contributed by atoms with Crippen molar-refractivity contribution in [3.8, 4) is 34.6 Å². The summed E-state index contributed by atoms with van der Waals surface area (Å²) in [6.07, 6.45) is 10.1. The number of amides is 2. The summed E-state index contributed by atoms with van der Waals surface area (Å²) in [5, 5.41) is 5.04. The fourth-order valence-corrected chi connectivity index (χ4v) is 7.29. The molecule has 1 saturated carbocycles. The third kappa shape index (κ3) is 6.75. The monoisotopic (exact) mass is 716 g/mol. The number of fused-ring (bicyclic) bond motifs is 4. The fourth-order valence-electron chi connectivity index (χ4n) is 7.29. The van der Waals surface area contributed by atoms with E-state index in [-0.39, 0.29) is 30.6 Å². The maximum atomic E-state index is 13.0. The van der Waals surface area contributed by atoms with Gasteiger partial charge in [0.05, 0.1) is 12.8 Å². The van der Waals surface area contributed by atoms with Gasteiger partial charge in [-0.2, -0.15) is 0 Å². The van der Waals surface area contributed by atoms with Crippen LogP contribution >= 0.6 is 0 Å². The Morgan fingerprint density at radius 3 is 2.59 bits per heavy atom. The van der Waals surface area contributed by atoms with Crippen molar-refractivity contribution in [2.24, 2.45) is 0 Å². The van der Waals surface area contributed by atoms with E-state index in [0.717, 1.165) is 56.9 Å². The van der Waals surface area contributed by atoms with Gasteiger partial charge in [0.15, 0.2) is 0 Å². The van der Waals surface area contributed by atoms with E-state index >= 15 is 0 Å². The summed E-state index contributed by atoms with van der Waals surface area (Å²) in [7, 11) is 0. The Hall–Kier alpha value is -6.51. The van der Waals surface area contributed by atoms with E-state index in [1.165, 1.54) is 0 Å². The van der Waals surface area contributed by atoms with Gasteiger partial charge in [-0.05, 0) is 71.9 Å². The van der Waals surface area contributed by atoms with Gasteiger partial charge in [0.1, 0.15) is 36.3 Å². The predicted molar refractivity (Wildman–Crippen MR) is 202 cm³/mol. The number of piperidine rings is 1. The Morgan fingerprint density at radius 1 is 0.870 bits per heavy atom. The lowest BCUT2D eigenvalue weighted by Crippen LogP contribution is -2.49. The molecule has 2 fully saturated rings. The van der Waals surface area contributed by atoms with Gasteiger partial charge in [-0.1, -0.05) is 36.8 Å². The van der Waals surface area contributed by atoms with Crippen LogP contribution in [0.15, 0.2) is 104 Å². The molecule has 268 valence electrons. The lowest BCUT2D eigenvalue weighted by molar-refractivity contribution is -0.126. The van der Waals surface area contributed by atoms with Crippen LogP contribution in [-0.4, -0.2) is 61.5 Å². The standard InChI is InChI=1S/C43H36N6O5/c1-26-4-12-40(42(50)47-26)49-24-30-17-27(5-10-35(30)43(49)51)25-52-16-2-3-31-8-9-32(22-45-31)53-33-19-34(20-33)54-41-13-7-29(21-46-41)28-6-11-36-37-23-44-15-14-38(37)48-39(36)18-28/h5-11,13-15,17-18,21-23,33-34,40,48H,1,4,12,16,19-20,24-25H2,(H,47,50). The van der Waals surface area contributed by atoms with Crippen molar-refractivity contribution in [1.29, 1.82) is 0 Å². The van der Waals surface area contributed by atoms with Crippen LogP contribution in [-0.2, 0) is 22.7 Å². The van der Waals surface area contributed by atoms with E-state index < -0.39 is 6.04 Å². The first-order valence-electron chi connectivity index (χ1n) is 18.0. The molecule has 0 bridgehead atoms. The fraction of sp³-hybridized carbons (Fsp3) is 0.233. The Morgan fingerprint density at radius 2 is 1.76 bits per heavy atom. The smallest absolute Gasteiger partial charge is 0.255 e. The number of benzene rings is 2. The van der Waals surface area contributed by atoms with Gasteiger partial charge in [-0.25, -0.2) is 9.97 Å². The van der Waals surface area contributed by atoms with Crippen LogP contribution in [0.2, 0.25) is 0 Å². The minimum absolute atomic E-state index is 0.0442. The summed E-state index contributed by atoms with van der Waals surface area (Å²) in [5.74, 6) is 7.04. The molecule has 54 heavy (non-hydrogen) atoms. The number of pyridine rings is 3. The highest BCUT2D eigenvalue weighted by atomic mass is 16.5. The van der Waals surface area contributed by atoms with E-state index in [4.69, 9.17) is 14.2 Å². The van der Waals surface area contributed by atoms with Gasteiger partial charge in [0.25, 0.3) is 5.91 Å². The minimum atomic E-state index is -0.475. The molecule has 2 aliphatic heterocycles. The minimum Gasteiger partial charge on any atom is -0.489 e. The normalized spacial score (nSPS) is 19.2. The van der Waals surface area contributed by atoms with Gasteiger partial charge in [-0.15, -0.1) is 0 Å². The quantitative estimate of drug-likeness (QED) is 0.129. The Kier molecular flexibility index (Phi) is 8.73. The number of nitrogens with zero attached hydrogens (tertiary/aromatic N) is 4. The molecule has 3 aliphatic rings. The summed E-state index contributed by atoms with van der Waals surface area (Å²) >= 11 is 0. The Balaban J connectivity index is 0.706. The van der Waals surface area contributed by atoms with Gasteiger partial charge in [-0.3, -0.25) is 14.6 Å². The SMILES string of the molecule is C=C1CCC(N2Cc3cc(COCC#Cc4ccc(OC5CC(Oc6ccc(-c7ccc8c(c7)[nH]c7ccncc78)cn6)C5)cn4)ccc3C2=O)C(=O)N1. The van der Waals surface area contributed by atoms with Crippen LogP contribution in [0.5, 0.6) is 11.6 Å². The van der Waals surface area contributed by atoms with Crippen LogP contribution in [0.4, 0.5) is 0 Å². The Labute approximate surface area is 311 Å². The predicted octanol–water partition coefficient (Wildman–Crippen LogP) is 6.48. The van der Waals surface area contributed by atoms with Crippen LogP contribution < -0.4 is 14.8 Å². The summed E-state index contributed by atoms with van der Waals surface area (Å²) in [4.78, 5) is 43.8. The molecular formula is C43H36N6O5. The second-order valence-corrected chi connectivity index (χ2v) is 13.9. The van der Waals surface area contributed by atoms with E-state index in [2.05, 4.69) is 61.9 Å². The lowest BCUT2D eigenvalue weighted by atomic mass is 9.92.